The molecule has 3 heterocycles. The van der Waals surface area contributed by atoms with Gasteiger partial charge in [0, 0.05) is 38.1 Å². The smallest absolute Gasteiger partial charge is 0.143 e. The molecule has 7 aromatic carbocycles. The number of benzene rings is 7. The van der Waals surface area contributed by atoms with Crippen LogP contribution in [0.2, 0.25) is 0 Å². The molecule has 43 heavy (non-hydrogen) atoms. The summed E-state index contributed by atoms with van der Waals surface area (Å²) in [7, 11) is 0. The van der Waals surface area contributed by atoms with Gasteiger partial charge in [0.1, 0.15) is 27.9 Å². The number of rotatable bonds is 2. The van der Waals surface area contributed by atoms with E-state index in [1.807, 2.05) is 30.3 Å². The van der Waals surface area contributed by atoms with Gasteiger partial charge in [0.15, 0.2) is 0 Å². The van der Waals surface area contributed by atoms with Crippen LogP contribution in [0.4, 0.5) is 0 Å². The van der Waals surface area contributed by atoms with Crippen molar-refractivity contribution in [3.8, 4) is 22.3 Å². The first-order chi connectivity index (χ1) is 21.3. The lowest BCUT2D eigenvalue weighted by molar-refractivity contribution is 0.615. The molecule has 0 aliphatic heterocycles. The van der Waals surface area contributed by atoms with Crippen LogP contribution in [0.5, 0.6) is 0 Å². The Labute approximate surface area is 245 Å². The molecule has 10 rings (SSSR count). The van der Waals surface area contributed by atoms with Crippen molar-refractivity contribution in [2.24, 2.45) is 0 Å². The molecule has 3 heteroatoms. The molecule has 3 aromatic heterocycles. The van der Waals surface area contributed by atoms with E-state index >= 15 is 0 Å². The molecule has 0 saturated heterocycles. The van der Waals surface area contributed by atoms with Gasteiger partial charge in [0.05, 0.1) is 6.26 Å². The molecule has 0 bridgehead atoms. The molecule has 0 N–H and O–H groups in total. The molecular formula is C40H22O3. The van der Waals surface area contributed by atoms with Crippen LogP contribution in [0.3, 0.4) is 0 Å². The fraction of sp³-hybridized carbons (Fsp3) is 0. The van der Waals surface area contributed by atoms with Gasteiger partial charge in [0.2, 0.25) is 0 Å². The zero-order valence-corrected chi connectivity index (χ0v) is 22.9. The summed E-state index contributed by atoms with van der Waals surface area (Å²) < 4.78 is 18.6. The molecule has 0 amide bonds. The molecule has 0 atom stereocenters. The maximum absolute atomic E-state index is 6.66. The number of furan rings is 3. The average molecular weight is 551 g/mol. The van der Waals surface area contributed by atoms with Gasteiger partial charge < -0.3 is 13.3 Å². The topological polar surface area (TPSA) is 39.4 Å². The van der Waals surface area contributed by atoms with E-state index in [4.69, 9.17) is 13.3 Å². The van der Waals surface area contributed by atoms with Crippen molar-refractivity contribution in [2.45, 2.75) is 0 Å². The minimum absolute atomic E-state index is 0.863. The van der Waals surface area contributed by atoms with Crippen molar-refractivity contribution in [1.82, 2.24) is 0 Å². The highest BCUT2D eigenvalue weighted by atomic mass is 16.3. The van der Waals surface area contributed by atoms with Crippen LogP contribution in [0, 0.1) is 0 Å². The van der Waals surface area contributed by atoms with Gasteiger partial charge >= 0.3 is 0 Å². The number of fused-ring (bicyclic) bond motifs is 10. The van der Waals surface area contributed by atoms with Crippen molar-refractivity contribution >= 4 is 76.4 Å². The summed E-state index contributed by atoms with van der Waals surface area (Å²) in [5, 5.41) is 10.3. The molecule has 0 aliphatic carbocycles. The number of para-hydroxylation sites is 2. The highest BCUT2D eigenvalue weighted by Crippen LogP contribution is 2.47. The fourth-order valence-electron chi connectivity index (χ4n) is 7.15. The summed E-state index contributed by atoms with van der Waals surface area (Å²) in [6.07, 6.45) is 1.75. The van der Waals surface area contributed by atoms with Gasteiger partial charge in [-0.2, -0.15) is 0 Å². The Bertz CT molecular complexity index is 2680. The predicted octanol–water partition coefficient (Wildman–Crippen LogP) is 11.9. The van der Waals surface area contributed by atoms with Crippen LogP contribution >= 0.6 is 0 Å². The summed E-state index contributed by atoms with van der Waals surface area (Å²) in [5.41, 5.74) is 9.08. The zero-order chi connectivity index (χ0) is 28.1. The molecule has 0 radical (unpaired) electrons. The summed E-state index contributed by atoms with van der Waals surface area (Å²) in [4.78, 5) is 0. The van der Waals surface area contributed by atoms with E-state index < -0.39 is 0 Å². The lowest BCUT2D eigenvalue weighted by Gasteiger charge is -2.18. The first-order valence-corrected chi connectivity index (χ1v) is 14.5. The van der Waals surface area contributed by atoms with Gasteiger partial charge in [0.25, 0.3) is 0 Å². The van der Waals surface area contributed by atoms with Crippen LogP contribution in [-0.4, -0.2) is 0 Å². The third-order valence-electron chi connectivity index (χ3n) is 8.96. The third-order valence-corrected chi connectivity index (χ3v) is 8.96. The van der Waals surface area contributed by atoms with Gasteiger partial charge in [-0.25, -0.2) is 0 Å². The van der Waals surface area contributed by atoms with Crippen LogP contribution in [-0.2, 0) is 0 Å². The first kappa shape index (κ1) is 22.8. The van der Waals surface area contributed by atoms with E-state index in [1.54, 1.807) is 6.26 Å². The fourth-order valence-corrected chi connectivity index (χ4v) is 7.15. The zero-order valence-electron chi connectivity index (χ0n) is 22.9. The SMILES string of the molecule is c1ccc2c(c1)oc1ccc(-c3c4ccccc4c(-c4cccc5c4oc4ccc6occc6c45)c4ccccc34)cc12. The van der Waals surface area contributed by atoms with Crippen molar-refractivity contribution in [3.05, 3.63) is 134 Å². The second-order valence-electron chi connectivity index (χ2n) is 11.2. The molecule has 10 aromatic rings. The van der Waals surface area contributed by atoms with Crippen LogP contribution in [0.25, 0.3) is 98.6 Å². The largest absolute Gasteiger partial charge is 0.464 e. The van der Waals surface area contributed by atoms with Crippen LogP contribution < -0.4 is 0 Å². The van der Waals surface area contributed by atoms with Gasteiger partial charge in [-0.3, -0.25) is 0 Å². The van der Waals surface area contributed by atoms with Crippen LogP contribution in [0.15, 0.2) is 147 Å². The maximum atomic E-state index is 6.66. The van der Waals surface area contributed by atoms with E-state index in [1.165, 1.54) is 38.2 Å². The third kappa shape index (κ3) is 3.08. The van der Waals surface area contributed by atoms with Crippen molar-refractivity contribution in [2.75, 3.05) is 0 Å². The van der Waals surface area contributed by atoms with E-state index in [2.05, 4.69) is 97.1 Å². The molecule has 0 spiro atoms. The van der Waals surface area contributed by atoms with E-state index in [0.29, 0.717) is 0 Å². The van der Waals surface area contributed by atoms with Gasteiger partial charge in [-0.05, 0) is 69.1 Å². The second-order valence-corrected chi connectivity index (χ2v) is 11.2. The minimum atomic E-state index is 0.863. The van der Waals surface area contributed by atoms with Gasteiger partial charge in [-0.1, -0.05) is 91.0 Å². The monoisotopic (exact) mass is 550 g/mol. The molecule has 3 nitrogen and oxygen atoms in total. The molecule has 0 saturated carbocycles. The quantitative estimate of drug-likeness (QED) is 0.201. The number of hydrogen-bond donors (Lipinski definition) is 0. The Morgan fingerprint density at radius 2 is 1.00 bits per heavy atom. The minimum Gasteiger partial charge on any atom is -0.464 e. The van der Waals surface area contributed by atoms with E-state index in [9.17, 15) is 0 Å². The Morgan fingerprint density at radius 3 is 1.79 bits per heavy atom. The first-order valence-electron chi connectivity index (χ1n) is 14.5. The summed E-state index contributed by atoms with van der Waals surface area (Å²) in [6, 6.07) is 44.8. The van der Waals surface area contributed by atoms with Gasteiger partial charge in [-0.15, -0.1) is 0 Å². The standard InChI is InChI=1S/C40H22O3/c1-3-11-27-25(9-1)37(23-16-17-35-32(22-23)24-8-5-6-15-34(24)42-35)26-10-2-4-12-28(26)38(27)30-13-7-14-31-39-29-20-21-41-33(29)18-19-36(39)43-40(30)31/h1-22H. The second kappa shape index (κ2) is 8.37. The van der Waals surface area contributed by atoms with Crippen molar-refractivity contribution in [1.29, 1.82) is 0 Å². The normalized spacial score (nSPS) is 12.2. The highest BCUT2D eigenvalue weighted by Gasteiger charge is 2.21. The predicted molar refractivity (Wildman–Crippen MR) is 177 cm³/mol. The van der Waals surface area contributed by atoms with Crippen LogP contribution in [0.1, 0.15) is 0 Å². The maximum Gasteiger partial charge on any atom is 0.143 e. The Hall–Kier alpha value is -5.80. The lowest BCUT2D eigenvalue weighted by atomic mass is 9.85. The average Bonchev–Trinajstić information content (AvgIpc) is 3.78. The Kier molecular flexibility index (Phi) is 4.45. The number of hydrogen-bond acceptors (Lipinski definition) is 3. The van der Waals surface area contributed by atoms with E-state index in [-0.39, 0.29) is 0 Å². The molecular weight excluding hydrogens is 528 g/mol. The lowest BCUT2D eigenvalue weighted by Crippen LogP contribution is -1.91. The molecule has 0 fully saturated rings. The Morgan fingerprint density at radius 1 is 0.372 bits per heavy atom. The van der Waals surface area contributed by atoms with E-state index in [0.717, 1.165) is 60.4 Å². The Balaban J connectivity index is 1.33. The summed E-state index contributed by atoms with van der Waals surface area (Å²) in [6.45, 7) is 0. The molecule has 0 aliphatic rings. The van der Waals surface area contributed by atoms with Crippen molar-refractivity contribution in [3.63, 3.8) is 0 Å². The highest BCUT2D eigenvalue weighted by molar-refractivity contribution is 6.26. The summed E-state index contributed by atoms with van der Waals surface area (Å²) in [5.74, 6) is 0. The summed E-state index contributed by atoms with van der Waals surface area (Å²) >= 11 is 0. The molecule has 0 unspecified atom stereocenters. The molecule has 200 valence electrons. The van der Waals surface area contributed by atoms with Crippen molar-refractivity contribution < 1.29 is 13.3 Å².